The monoisotopic (exact) mass is 350 g/mol. The summed E-state index contributed by atoms with van der Waals surface area (Å²) in [4.78, 5) is 11.2. The number of methoxy groups -OCH3 is 2. The fourth-order valence-corrected chi connectivity index (χ4v) is 2.52. The third-order valence-corrected chi connectivity index (χ3v) is 3.89. The summed E-state index contributed by atoms with van der Waals surface area (Å²) in [6.45, 7) is 4.63. The zero-order chi connectivity index (χ0) is 18.3. The molecule has 0 saturated carbocycles. The predicted molar refractivity (Wildman–Crippen MR) is 92.2 cm³/mol. The van der Waals surface area contributed by atoms with Gasteiger partial charge in [-0.2, -0.15) is 0 Å². The van der Waals surface area contributed by atoms with Gasteiger partial charge in [0.25, 0.3) is 0 Å². The number of hydrogen-bond acceptors (Lipinski definition) is 6. The average Bonchev–Trinajstić information content (AvgIpc) is 2.97. The second kappa shape index (κ2) is 8.99. The molecule has 0 aromatic heterocycles. The van der Waals surface area contributed by atoms with Crippen molar-refractivity contribution in [2.75, 3.05) is 20.8 Å². The van der Waals surface area contributed by atoms with Crippen molar-refractivity contribution in [3.8, 4) is 5.75 Å². The number of carbonyl (C=O) groups is 1. The van der Waals surface area contributed by atoms with Crippen molar-refractivity contribution in [1.82, 2.24) is 0 Å². The van der Waals surface area contributed by atoms with Crippen LogP contribution < -0.4 is 4.74 Å². The van der Waals surface area contributed by atoms with E-state index in [0.717, 1.165) is 11.3 Å². The van der Waals surface area contributed by atoms with E-state index in [1.165, 1.54) is 13.2 Å². The van der Waals surface area contributed by atoms with Crippen molar-refractivity contribution in [2.24, 2.45) is 0 Å². The summed E-state index contributed by atoms with van der Waals surface area (Å²) in [5.41, 5.74) is 1.03. The van der Waals surface area contributed by atoms with E-state index in [1.807, 2.05) is 38.1 Å². The van der Waals surface area contributed by atoms with Crippen molar-refractivity contribution in [1.29, 1.82) is 0 Å². The van der Waals surface area contributed by atoms with Gasteiger partial charge in [0.1, 0.15) is 11.9 Å². The first-order valence-corrected chi connectivity index (χ1v) is 8.24. The highest BCUT2D eigenvalue weighted by Gasteiger charge is 2.37. The molecule has 0 aliphatic carbocycles. The molecule has 1 aliphatic rings. The lowest BCUT2D eigenvalue weighted by atomic mass is 10.1. The fourth-order valence-electron chi connectivity index (χ4n) is 2.52. The van der Waals surface area contributed by atoms with Crippen molar-refractivity contribution >= 4 is 5.97 Å². The zero-order valence-electron chi connectivity index (χ0n) is 15.2. The minimum absolute atomic E-state index is 0.199. The Balaban J connectivity index is 1.97. The summed E-state index contributed by atoms with van der Waals surface area (Å²) in [6, 6.07) is 7.69. The molecule has 138 valence electrons. The summed E-state index contributed by atoms with van der Waals surface area (Å²) in [7, 11) is 2.98. The lowest BCUT2D eigenvalue weighted by molar-refractivity contribution is -0.157. The molecule has 1 aromatic rings. The Labute approximate surface area is 148 Å². The van der Waals surface area contributed by atoms with E-state index in [2.05, 4.69) is 4.74 Å². The molecule has 0 bridgehead atoms. The maximum absolute atomic E-state index is 11.2. The number of carbonyl (C=O) groups excluding carboxylic acids is 1. The van der Waals surface area contributed by atoms with Crippen molar-refractivity contribution in [2.45, 2.75) is 44.9 Å². The number of rotatable bonds is 8. The maximum Gasteiger partial charge on any atom is 0.330 e. The summed E-state index contributed by atoms with van der Waals surface area (Å²) in [5, 5.41) is 0. The highest BCUT2D eigenvalue weighted by atomic mass is 16.7. The molecule has 1 heterocycles. The molecule has 0 radical (unpaired) electrons. The molecule has 0 amide bonds. The second-order valence-corrected chi connectivity index (χ2v) is 6.23. The largest absolute Gasteiger partial charge is 0.497 e. The first-order chi connectivity index (χ1) is 11.9. The van der Waals surface area contributed by atoms with E-state index >= 15 is 0 Å². The number of esters is 1. The van der Waals surface area contributed by atoms with Crippen LogP contribution in [0.25, 0.3) is 0 Å². The van der Waals surface area contributed by atoms with Crippen LogP contribution in [-0.2, 0) is 30.3 Å². The summed E-state index contributed by atoms with van der Waals surface area (Å²) in [5.74, 6) is -0.216. The van der Waals surface area contributed by atoms with Gasteiger partial charge >= 0.3 is 5.97 Å². The van der Waals surface area contributed by atoms with Gasteiger partial charge in [-0.25, -0.2) is 4.79 Å². The Kier molecular flexibility index (Phi) is 6.99. The Hall–Kier alpha value is -1.89. The summed E-state index contributed by atoms with van der Waals surface area (Å²) in [6.07, 6.45) is 3.22. The third-order valence-electron chi connectivity index (χ3n) is 3.89. The first kappa shape index (κ1) is 19.4. The Morgan fingerprint density at radius 2 is 2.04 bits per heavy atom. The highest BCUT2D eigenvalue weighted by Crippen LogP contribution is 2.27. The minimum atomic E-state index is -0.627. The lowest BCUT2D eigenvalue weighted by Crippen LogP contribution is -2.32. The van der Waals surface area contributed by atoms with Crippen LogP contribution in [0.15, 0.2) is 36.4 Å². The summed E-state index contributed by atoms with van der Waals surface area (Å²) < 4.78 is 27.3. The van der Waals surface area contributed by atoms with Gasteiger partial charge in [0.15, 0.2) is 5.79 Å². The quantitative estimate of drug-likeness (QED) is 0.531. The van der Waals surface area contributed by atoms with Gasteiger partial charge in [-0.1, -0.05) is 18.2 Å². The molecule has 1 aromatic carbocycles. The smallest absolute Gasteiger partial charge is 0.330 e. The van der Waals surface area contributed by atoms with Crippen molar-refractivity contribution < 1.29 is 28.5 Å². The minimum Gasteiger partial charge on any atom is -0.497 e. The lowest BCUT2D eigenvalue weighted by Gasteiger charge is -2.24. The van der Waals surface area contributed by atoms with E-state index in [1.54, 1.807) is 13.2 Å². The third kappa shape index (κ3) is 6.16. The average molecular weight is 350 g/mol. The van der Waals surface area contributed by atoms with Crippen LogP contribution in [-0.4, -0.2) is 44.8 Å². The topological polar surface area (TPSA) is 63.2 Å². The van der Waals surface area contributed by atoms with Crippen LogP contribution in [0.1, 0.15) is 25.8 Å². The fraction of sp³-hybridized carbons (Fsp3) is 0.526. The Morgan fingerprint density at radius 1 is 1.32 bits per heavy atom. The van der Waals surface area contributed by atoms with E-state index < -0.39 is 11.8 Å². The SMILES string of the molecule is COC(=O)/C=C/CC(OCc1ccc(OC)cc1)C1COC(C)(C)O1. The van der Waals surface area contributed by atoms with Crippen LogP contribution in [0.5, 0.6) is 5.75 Å². The van der Waals surface area contributed by atoms with Gasteiger partial charge in [0.2, 0.25) is 0 Å². The summed E-state index contributed by atoms with van der Waals surface area (Å²) >= 11 is 0. The van der Waals surface area contributed by atoms with Crippen molar-refractivity contribution in [3.63, 3.8) is 0 Å². The maximum atomic E-state index is 11.2. The number of ether oxygens (including phenoxy) is 5. The van der Waals surface area contributed by atoms with E-state index in [0.29, 0.717) is 19.6 Å². The molecule has 1 fully saturated rings. The number of hydrogen-bond donors (Lipinski definition) is 0. The molecule has 1 saturated heterocycles. The van der Waals surface area contributed by atoms with Crippen LogP contribution in [0.4, 0.5) is 0 Å². The molecular formula is C19H26O6. The van der Waals surface area contributed by atoms with Crippen LogP contribution in [0.3, 0.4) is 0 Å². The van der Waals surface area contributed by atoms with Crippen LogP contribution >= 0.6 is 0 Å². The first-order valence-electron chi connectivity index (χ1n) is 8.24. The Morgan fingerprint density at radius 3 is 2.60 bits per heavy atom. The van der Waals surface area contributed by atoms with E-state index in [9.17, 15) is 4.79 Å². The van der Waals surface area contributed by atoms with Gasteiger partial charge < -0.3 is 23.7 Å². The molecule has 0 N–H and O–H groups in total. The van der Waals surface area contributed by atoms with Crippen LogP contribution in [0.2, 0.25) is 0 Å². The zero-order valence-corrected chi connectivity index (χ0v) is 15.2. The number of benzene rings is 1. The molecule has 2 unspecified atom stereocenters. The van der Waals surface area contributed by atoms with Gasteiger partial charge in [0.05, 0.1) is 33.5 Å². The molecule has 6 heteroatoms. The van der Waals surface area contributed by atoms with Crippen LogP contribution in [0, 0.1) is 0 Å². The normalized spacial score (nSPS) is 20.6. The van der Waals surface area contributed by atoms with Gasteiger partial charge in [-0.3, -0.25) is 0 Å². The highest BCUT2D eigenvalue weighted by molar-refractivity contribution is 5.81. The molecule has 25 heavy (non-hydrogen) atoms. The standard InChI is InChI=1S/C19H26O6/c1-19(2)24-13-17(25-19)16(6-5-7-18(20)22-4)23-12-14-8-10-15(21-3)11-9-14/h5,7-11,16-17H,6,12-13H2,1-4H3/b7-5+. The molecule has 2 rings (SSSR count). The Bertz CT molecular complexity index is 578. The van der Waals surface area contributed by atoms with E-state index in [4.69, 9.17) is 18.9 Å². The predicted octanol–water partition coefficient (Wildman–Crippen LogP) is 2.85. The van der Waals surface area contributed by atoms with E-state index in [-0.39, 0.29) is 12.2 Å². The van der Waals surface area contributed by atoms with Gasteiger partial charge in [-0.15, -0.1) is 0 Å². The second-order valence-electron chi connectivity index (χ2n) is 6.23. The molecular weight excluding hydrogens is 324 g/mol. The molecule has 2 atom stereocenters. The molecule has 6 nitrogen and oxygen atoms in total. The van der Waals surface area contributed by atoms with Gasteiger partial charge in [0, 0.05) is 6.08 Å². The van der Waals surface area contributed by atoms with Crippen molar-refractivity contribution in [3.05, 3.63) is 42.0 Å². The van der Waals surface area contributed by atoms with Gasteiger partial charge in [-0.05, 0) is 38.0 Å². The molecule has 1 aliphatic heterocycles. The molecule has 0 spiro atoms.